The molecule has 0 bridgehead atoms. The number of carbonyl (C=O) groups is 2. The molecular weight excluding hydrogens is 462 g/mol. The highest BCUT2D eigenvalue weighted by Crippen LogP contribution is 2.35. The maximum absolute atomic E-state index is 13.4. The fraction of sp³-hybridized carbons (Fsp3) is 0.391. The van der Waals surface area contributed by atoms with Crippen LogP contribution >= 0.6 is 0 Å². The van der Waals surface area contributed by atoms with Crippen LogP contribution in [0.2, 0.25) is 0 Å². The molecular formula is C23H27N3O7S. The Labute approximate surface area is 198 Å². The van der Waals surface area contributed by atoms with Crippen molar-refractivity contribution in [3.63, 3.8) is 0 Å². The summed E-state index contributed by atoms with van der Waals surface area (Å²) in [6.45, 7) is 4.04. The Kier molecular flexibility index (Phi) is 6.41. The molecule has 0 saturated carbocycles. The first-order chi connectivity index (χ1) is 16.1. The van der Waals surface area contributed by atoms with Crippen LogP contribution in [0.5, 0.6) is 17.2 Å². The van der Waals surface area contributed by atoms with E-state index in [0.717, 1.165) is 0 Å². The van der Waals surface area contributed by atoms with Crippen LogP contribution in [0.3, 0.4) is 0 Å². The molecule has 0 aliphatic carbocycles. The van der Waals surface area contributed by atoms with E-state index in [0.29, 0.717) is 34.1 Å². The van der Waals surface area contributed by atoms with Crippen molar-refractivity contribution in [2.24, 2.45) is 0 Å². The number of anilines is 1. The van der Waals surface area contributed by atoms with Gasteiger partial charge in [0.15, 0.2) is 6.10 Å². The maximum Gasteiger partial charge on any atom is 0.265 e. The van der Waals surface area contributed by atoms with Crippen molar-refractivity contribution in [2.45, 2.75) is 24.8 Å². The minimum atomic E-state index is -3.83. The molecule has 0 unspecified atom stereocenters. The first-order valence-corrected chi connectivity index (χ1v) is 12.2. The van der Waals surface area contributed by atoms with E-state index in [1.807, 2.05) is 0 Å². The number of fused-ring (bicyclic) bond motifs is 1. The molecule has 34 heavy (non-hydrogen) atoms. The Morgan fingerprint density at radius 2 is 1.79 bits per heavy atom. The predicted molar refractivity (Wildman–Crippen MR) is 124 cm³/mol. The number of nitrogens with one attached hydrogen (secondary N) is 1. The summed E-state index contributed by atoms with van der Waals surface area (Å²) in [5, 5.41) is 2.72. The molecule has 10 nitrogen and oxygen atoms in total. The van der Waals surface area contributed by atoms with Gasteiger partial charge in [0.05, 0.1) is 30.4 Å². The molecule has 1 atom stereocenters. The maximum atomic E-state index is 13.4. The van der Waals surface area contributed by atoms with E-state index in [1.54, 1.807) is 43.0 Å². The van der Waals surface area contributed by atoms with E-state index in [2.05, 4.69) is 5.32 Å². The highest BCUT2D eigenvalue weighted by atomic mass is 32.2. The van der Waals surface area contributed by atoms with Gasteiger partial charge in [-0.25, -0.2) is 8.42 Å². The van der Waals surface area contributed by atoms with Crippen LogP contribution in [-0.2, 0) is 14.8 Å². The number of sulfonamides is 1. The molecule has 182 valence electrons. The first kappa shape index (κ1) is 23.8. The third kappa shape index (κ3) is 4.28. The van der Waals surface area contributed by atoms with Crippen molar-refractivity contribution in [1.82, 2.24) is 9.21 Å². The minimum absolute atomic E-state index is 0.117. The first-order valence-electron chi connectivity index (χ1n) is 10.8. The number of amides is 2. The summed E-state index contributed by atoms with van der Waals surface area (Å²) >= 11 is 0. The second kappa shape index (κ2) is 9.15. The van der Waals surface area contributed by atoms with Gasteiger partial charge < -0.3 is 24.4 Å². The van der Waals surface area contributed by atoms with Gasteiger partial charge in [0.1, 0.15) is 17.2 Å². The van der Waals surface area contributed by atoms with Crippen molar-refractivity contribution in [2.75, 3.05) is 45.7 Å². The molecule has 0 radical (unpaired) electrons. The van der Waals surface area contributed by atoms with Gasteiger partial charge in [-0.1, -0.05) is 0 Å². The normalized spacial score (nSPS) is 18.5. The lowest BCUT2D eigenvalue weighted by molar-refractivity contribution is -0.122. The second-order valence-electron chi connectivity index (χ2n) is 8.13. The molecule has 2 heterocycles. The van der Waals surface area contributed by atoms with Gasteiger partial charge in [-0.05, 0) is 37.6 Å². The average Bonchev–Trinajstić information content (AvgIpc) is 2.83. The highest BCUT2D eigenvalue weighted by molar-refractivity contribution is 7.89. The van der Waals surface area contributed by atoms with E-state index in [1.165, 1.54) is 24.6 Å². The monoisotopic (exact) mass is 489 g/mol. The van der Waals surface area contributed by atoms with Crippen LogP contribution < -0.4 is 19.5 Å². The molecule has 2 aliphatic rings. The smallest absolute Gasteiger partial charge is 0.265 e. The number of carbonyl (C=O) groups excluding carboxylic acids is 2. The summed E-state index contributed by atoms with van der Waals surface area (Å²) in [6, 6.07) is 8.01. The molecule has 11 heteroatoms. The lowest BCUT2D eigenvalue weighted by atomic mass is 10.1. The van der Waals surface area contributed by atoms with Crippen LogP contribution in [0, 0.1) is 6.92 Å². The van der Waals surface area contributed by atoms with Gasteiger partial charge >= 0.3 is 0 Å². The van der Waals surface area contributed by atoms with E-state index < -0.39 is 16.1 Å². The summed E-state index contributed by atoms with van der Waals surface area (Å²) in [4.78, 5) is 26.6. The third-order valence-corrected chi connectivity index (χ3v) is 8.03. The molecule has 1 saturated heterocycles. The number of benzene rings is 2. The number of methoxy groups -OCH3 is 2. The van der Waals surface area contributed by atoms with Crippen molar-refractivity contribution in [1.29, 1.82) is 0 Å². The standard InChI is InChI=1S/C23H27N3O7S/c1-14-11-18-20(33-15(2)22(27)24-18)13-21(14)34(29,30)26-9-7-25(8-10-26)23(28)17-6-5-16(31-3)12-19(17)32-4/h5-6,11-13,15H,7-10H2,1-4H3,(H,24,27)/t15-/m1/s1. The molecule has 2 amide bonds. The van der Waals surface area contributed by atoms with Gasteiger partial charge in [-0.3, -0.25) is 9.59 Å². The van der Waals surface area contributed by atoms with Crippen molar-refractivity contribution >= 4 is 27.5 Å². The predicted octanol–water partition coefficient (Wildman–Crippen LogP) is 1.88. The summed E-state index contributed by atoms with van der Waals surface area (Å²) in [7, 11) is -0.822. The van der Waals surface area contributed by atoms with Crippen LogP contribution in [0.15, 0.2) is 35.2 Å². The van der Waals surface area contributed by atoms with E-state index >= 15 is 0 Å². The Hall–Kier alpha value is -3.31. The zero-order valence-electron chi connectivity index (χ0n) is 19.5. The molecule has 4 rings (SSSR count). The number of aryl methyl sites for hydroxylation is 1. The molecule has 1 N–H and O–H groups in total. The molecule has 1 fully saturated rings. The van der Waals surface area contributed by atoms with Crippen LogP contribution in [0.25, 0.3) is 0 Å². The number of hydrogen-bond acceptors (Lipinski definition) is 7. The van der Waals surface area contributed by atoms with Crippen molar-refractivity contribution < 1.29 is 32.2 Å². The molecule has 0 spiro atoms. The summed E-state index contributed by atoms with van der Waals surface area (Å²) in [6.07, 6.45) is -0.713. The minimum Gasteiger partial charge on any atom is -0.497 e. The third-order valence-electron chi connectivity index (χ3n) is 5.99. The van der Waals surface area contributed by atoms with Gasteiger partial charge in [0, 0.05) is 38.3 Å². The van der Waals surface area contributed by atoms with Gasteiger partial charge in [-0.15, -0.1) is 0 Å². The van der Waals surface area contributed by atoms with Gasteiger partial charge in [0.2, 0.25) is 10.0 Å². The Morgan fingerprint density at radius 3 is 2.44 bits per heavy atom. The molecule has 2 aromatic carbocycles. The van der Waals surface area contributed by atoms with Gasteiger partial charge in [0.25, 0.3) is 11.8 Å². The fourth-order valence-corrected chi connectivity index (χ4v) is 5.68. The van der Waals surface area contributed by atoms with Crippen molar-refractivity contribution in [3.05, 3.63) is 41.5 Å². The molecule has 2 aliphatic heterocycles. The number of rotatable bonds is 5. The highest BCUT2D eigenvalue weighted by Gasteiger charge is 2.34. The zero-order valence-corrected chi connectivity index (χ0v) is 20.3. The topological polar surface area (TPSA) is 114 Å². The summed E-state index contributed by atoms with van der Waals surface area (Å²) in [5.41, 5.74) is 1.33. The summed E-state index contributed by atoms with van der Waals surface area (Å²) < 4.78 is 44.3. The number of ether oxygens (including phenoxy) is 3. The van der Waals surface area contributed by atoms with E-state index in [-0.39, 0.29) is 42.9 Å². The fourth-order valence-electron chi connectivity index (χ4n) is 4.04. The number of hydrogen-bond donors (Lipinski definition) is 1. The molecule has 0 aromatic heterocycles. The number of piperazine rings is 1. The Balaban J connectivity index is 1.51. The zero-order chi connectivity index (χ0) is 24.6. The number of nitrogens with zero attached hydrogens (tertiary/aromatic N) is 2. The van der Waals surface area contributed by atoms with Crippen LogP contribution in [0.1, 0.15) is 22.8 Å². The molecule has 2 aromatic rings. The average molecular weight is 490 g/mol. The quantitative estimate of drug-likeness (QED) is 0.682. The van der Waals surface area contributed by atoms with Crippen molar-refractivity contribution in [3.8, 4) is 17.2 Å². The SMILES string of the molecule is COc1ccc(C(=O)N2CCN(S(=O)(=O)c3cc4c(cc3C)NC(=O)[C@@H](C)O4)CC2)c(OC)c1. The summed E-state index contributed by atoms with van der Waals surface area (Å²) in [5.74, 6) is 0.765. The second-order valence-corrected chi connectivity index (χ2v) is 10.0. The van der Waals surface area contributed by atoms with E-state index in [9.17, 15) is 18.0 Å². The van der Waals surface area contributed by atoms with Crippen LogP contribution in [-0.4, -0.2) is 75.9 Å². The Morgan fingerprint density at radius 1 is 1.09 bits per heavy atom. The van der Waals surface area contributed by atoms with Crippen LogP contribution in [0.4, 0.5) is 5.69 Å². The lowest BCUT2D eigenvalue weighted by Gasteiger charge is -2.34. The van der Waals surface area contributed by atoms with E-state index in [4.69, 9.17) is 14.2 Å². The Bertz CT molecular complexity index is 1240. The largest absolute Gasteiger partial charge is 0.497 e. The van der Waals surface area contributed by atoms with Gasteiger partial charge in [-0.2, -0.15) is 4.31 Å². The lowest BCUT2D eigenvalue weighted by Crippen LogP contribution is -2.50.